The molecule has 0 bridgehead atoms. The highest BCUT2D eigenvalue weighted by Gasteiger charge is 2.33. The first-order valence-electron chi connectivity index (χ1n) is 7.10. The molecule has 108 valence electrons. The third kappa shape index (κ3) is 2.94. The second kappa shape index (κ2) is 6.73. The van der Waals surface area contributed by atoms with Crippen LogP contribution in [0.1, 0.15) is 24.2 Å². The van der Waals surface area contributed by atoms with Crippen molar-refractivity contribution in [2.75, 3.05) is 19.7 Å². The molecule has 2 unspecified atom stereocenters. The first-order chi connectivity index (χ1) is 9.71. The molecule has 0 aliphatic carbocycles. The number of aliphatic hydroxyl groups is 1. The smallest absolute Gasteiger partial charge is 0.125 e. The van der Waals surface area contributed by atoms with E-state index in [1.54, 1.807) is 0 Å². The van der Waals surface area contributed by atoms with E-state index in [9.17, 15) is 5.11 Å². The van der Waals surface area contributed by atoms with Crippen LogP contribution >= 0.6 is 0 Å². The highest BCUT2D eigenvalue weighted by Crippen LogP contribution is 2.35. The van der Waals surface area contributed by atoms with Crippen LogP contribution in [-0.4, -0.2) is 35.7 Å². The molecule has 0 fully saturated rings. The zero-order valence-electron chi connectivity index (χ0n) is 12.1. The van der Waals surface area contributed by atoms with Gasteiger partial charge in [0.2, 0.25) is 0 Å². The van der Waals surface area contributed by atoms with Gasteiger partial charge in [-0.05, 0) is 24.1 Å². The molecule has 1 N–H and O–H groups in total. The van der Waals surface area contributed by atoms with Gasteiger partial charge in [0.25, 0.3) is 0 Å². The Balaban J connectivity index is 2.26. The predicted molar refractivity (Wildman–Crippen MR) is 82.0 cm³/mol. The fraction of sp³-hybridized carbons (Fsp3) is 0.412. The number of benzene rings is 1. The lowest BCUT2D eigenvalue weighted by Crippen LogP contribution is -2.46. The Bertz CT molecular complexity index is 474. The summed E-state index contributed by atoms with van der Waals surface area (Å²) in [6.45, 7) is 11.6. The maximum Gasteiger partial charge on any atom is 0.125 e. The van der Waals surface area contributed by atoms with E-state index < -0.39 is 6.10 Å². The Morgan fingerprint density at radius 1 is 1.35 bits per heavy atom. The molecular formula is C17H23NO2. The molecule has 0 saturated carbocycles. The number of nitrogens with zero attached hydrogens (tertiary/aromatic N) is 1. The highest BCUT2D eigenvalue weighted by molar-refractivity contribution is 5.41. The lowest BCUT2D eigenvalue weighted by Gasteiger charge is -2.37. The number of hydrogen-bond donors (Lipinski definition) is 1. The van der Waals surface area contributed by atoms with Gasteiger partial charge in [0.1, 0.15) is 18.5 Å². The van der Waals surface area contributed by atoms with Crippen molar-refractivity contribution in [2.24, 2.45) is 0 Å². The molecule has 0 spiro atoms. The number of hydrogen-bond acceptors (Lipinski definition) is 3. The Labute approximate surface area is 121 Å². The molecule has 0 saturated heterocycles. The van der Waals surface area contributed by atoms with E-state index in [-0.39, 0.29) is 6.04 Å². The number of fused-ring (bicyclic) bond motifs is 1. The van der Waals surface area contributed by atoms with Gasteiger partial charge in [-0.15, -0.1) is 13.2 Å². The molecule has 3 heteroatoms. The van der Waals surface area contributed by atoms with Crippen molar-refractivity contribution in [3.8, 4) is 5.75 Å². The van der Waals surface area contributed by atoms with Gasteiger partial charge < -0.3 is 9.84 Å². The summed E-state index contributed by atoms with van der Waals surface area (Å²) < 4.78 is 5.81. The van der Waals surface area contributed by atoms with Crippen LogP contribution in [0, 0.1) is 0 Å². The molecule has 20 heavy (non-hydrogen) atoms. The predicted octanol–water partition coefficient (Wildman–Crippen LogP) is 2.72. The minimum absolute atomic E-state index is 0.0643. The Morgan fingerprint density at radius 2 is 2.05 bits per heavy atom. The lowest BCUT2D eigenvalue weighted by atomic mass is 9.95. The molecular weight excluding hydrogens is 250 g/mol. The van der Waals surface area contributed by atoms with Gasteiger partial charge in [0.05, 0.1) is 6.04 Å². The summed E-state index contributed by atoms with van der Waals surface area (Å²) in [6.07, 6.45) is 4.10. The molecule has 1 aromatic rings. The lowest BCUT2D eigenvalue weighted by molar-refractivity contribution is 0.0134. The van der Waals surface area contributed by atoms with E-state index in [1.807, 2.05) is 24.3 Å². The second-order valence-corrected chi connectivity index (χ2v) is 5.08. The zero-order valence-corrected chi connectivity index (χ0v) is 12.1. The highest BCUT2D eigenvalue weighted by atomic mass is 16.5. The van der Waals surface area contributed by atoms with Gasteiger partial charge in [0.15, 0.2) is 0 Å². The summed E-state index contributed by atoms with van der Waals surface area (Å²) in [5.41, 5.74) is 2.10. The second-order valence-electron chi connectivity index (χ2n) is 5.08. The summed E-state index contributed by atoms with van der Waals surface area (Å²) in [7, 11) is 0. The number of ether oxygens (including phenoxy) is 1. The SMILES string of the molecule is C=CCN(CC=C)C1COc2ccc(CC)cc2C1O. The van der Waals surface area contributed by atoms with Crippen LogP contribution in [0.25, 0.3) is 0 Å². The number of rotatable bonds is 6. The molecule has 1 aliphatic heterocycles. The fourth-order valence-corrected chi connectivity index (χ4v) is 2.64. The van der Waals surface area contributed by atoms with Crippen LogP contribution < -0.4 is 4.74 Å². The zero-order chi connectivity index (χ0) is 14.5. The van der Waals surface area contributed by atoms with Gasteiger partial charge in [-0.1, -0.05) is 25.1 Å². The minimum atomic E-state index is -0.537. The maximum absolute atomic E-state index is 10.7. The summed E-state index contributed by atoms with van der Waals surface area (Å²) in [5.74, 6) is 0.795. The largest absolute Gasteiger partial charge is 0.491 e. The summed E-state index contributed by atoms with van der Waals surface area (Å²) in [6, 6.07) is 5.99. The van der Waals surface area contributed by atoms with Gasteiger partial charge >= 0.3 is 0 Å². The van der Waals surface area contributed by atoms with E-state index >= 15 is 0 Å². The molecule has 1 heterocycles. The Kier molecular flexibility index (Phi) is 4.99. The van der Waals surface area contributed by atoms with Gasteiger partial charge in [0, 0.05) is 18.7 Å². The average molecular weight is 273 g/mol. The van der Waals surface area contributed by atoms with Gasteiger partial charge in [-0.25, -0.2) is 0 Å². The summed E-state index contributed by atoms with van der Waals surface area (Å²) >= 11 is 0. The molecule has 3 nitrogen and oxygen atoms in total. The monoisotopic (exact) mass is 273 g/mol. The molecule has 1 aliphatic rings. The molecule has 2 rings (SSSR count). The minimum Gasteiger partial charge on any atom is -0.491 e. The molecule has 0 radical (unpaired) electrons. The van der Waals surface area contributed by atoms with Gasteiger partial charge in [-0.3, -0.25) is 4.90 Å². The third-order valence-corrected chi connectivity index (χ3v) is 3.77. The van der Waals surface area contributed by atoms with E-state index in [0.29, 0.717) is 19.7 Å². The van der Waals surface area contributed by atoms with Crippen molar-refractivity contribution < 1.29 is 9.84 Å². The normalized spacial score (nSPS) is 21.1. The van der Waals surface area contributed by atoms with Crippen molar-refractivity contribution in [1.29, 1.82) is 0 Å². The van der Waals surface area contributed by atoms with Crippen molar-refractivity contribution in [2.45, 2.75) is 25.5 Å². The molecule has 0 aromatic heterocycles. The molecule has 0 amide bonds. The van der Waals surface area contributed by atoms with E-state index in [1.165, 1.54) is 5.56 Å². The fourth-order valence-electron chi connectivity index (χ4n) is 2.64. The quantitative estimate of drug-likeness (QED) is 0.809. The number of aryl methyl sites for hydroxylation is 1. The van der Waals surface area contributed by atoms with E-state index in [0.717, 1.165) is 17.7 Å². The van der Waals surface area contributed by atoms with Crippen molar-refractivity contribution in [1.82, 2.24) is 4.90 Å². The van der Waals surface area contributed by atoms with Crippen molar-refractivity contribution in [3.05, 3.63) is 54.6 Å². The molecule has 1 aromatic carbocycles. The van der Waals surface area contributed by atoms with Crippen LogP contribution in [0.3, 0.4) is 0 Å². The van der Waals surface area contributed by atoms with Crippen LogP contribution in [0.2, 0.25) is 0 Å². The first kappa shape index (κ1) is 14.8. The first-order valence-corrected chi connectivity index (χ1v) is 7.10. The van der Waals surface area contributed by atoms with Crippen LogP contribution in [0.5, 0.6) is 5.75 Å². The van der Waals surface area contributed by atoms with Crippen LogP contribution in [0.4, 0.5) is 0 Å². The molecule has 2 atom stereocenters. The summed E-state index contributed by atoms with van der Waals surface area (Å²) in [5, 5.41) is 10.7. The topological polar surface area (TPSA) is 32.7 Å². The Hall–Kier alpha value is -1.58. The average Bonchev–Trinajstić information content (AvgIpc) is 2.47. The van der Waals surface area contributed by atoms with Crippen molar-refractivity contribution >= 4 is 0 Å². The third-order valence-electron chi connectivity index (χ3n) is 3.77. The van der Waals surface area contributed by atoms with E-state index in [2.05, 4.69) is 31.0 Å². The van der Waals surface area contributed by atoms with Crippen LogP contribution in [-0.2, 0) is 6.42 Å². The Morgan fingerprint density at radius 3 is 2.65 bits per heavy atom. The van der Waals surface area contributed by atoms with Crippen molar-refractivity contribution in [3.63, 3.8) is 0 Å². The van der Waals surface area contributed by atoms with E-state index in [4.69, 9.17) is 4.74 Å². The standard InChI is InChI=1S/C17H23NO2/c1-4-9-18(10-5-2)15-12-20-16-8-7-13(6-3)11-14(16)17(15)19/h4-5,7-8,11,15,17,19H,1-2,6,9-10,12H2,3H3. The number of aliphatic hydroxyl groups excluding tert-OH is 1. The van der Waals surface area contributed by atoms with Gasteiger partial charge in [-0.2, -0.15) is 0 Å². The maximum atomic E-state index is 10.7. The summed E-state index contributed by atoms with van der Waals surface area (Å²) in [4.78, 5) is 2.13. The van der Waals surface area contributed by atoms with Crippen LogP contribution in [0.15, 0.2) is 43.5 Å².